The van der Waals surface area contributed by atoms with Crippen LogP contribution in [0, 0.1) is 0 Å². The first-order chi connectivity index (χ1) is 5.36. The minimum atomic E-state index is 0.0512. The largest absolute Gasteiger partial charge is 0.378 e. The Bertz CT molecular complexity index is 253. The predicted octanol–water partition coefficient (Wildman–Crippen LogP) is 0.267. The summed E-state index contributed by atoms with van der Waals surface area (Å²) in [5, 5.41) is 5.90. The van der Waals surface area contributed by atoms with Crippen LogP contribution in [-0.2, 0) is 4.79 Å². The van der Waals surface area contributed by atoms with Crippen LogP contribution in [0.2, 0.25) is 0 Å². The van der Waals surface area contributed by atoms with Gasteiger partial charge in [0.25, 0.3) is 0 Å². The normalized spacial score (nSPS) is 22.4. The van der Waals surface area contributed by atoms with Gasteiger partial charge in [-0.1, -0.05) is 6.08 Å². The maximum Gasteiger partial charge on any atom is 0.243 e. The van der Waals surface area contributed by atoms with Crippen molar-refractivity contribution < 1.29 is 4.79 Å². The van der Waals surface area contributed by atoms with Crippen molar-refractivity contribution >= 4 is 5.91 Å². The van der Waals surface area contributed by atoms with Crippen LogP contribution in [0.5, 0.6) is 0 Å². The van der Waals surface area contributed by atoms with Gasteiger partial charge in [-0.05, 0) is 18.9 Å². The third kappa shape index (κ3) is 1.13. The molecule has 0 radical (unpaired) electrons. The Morgan fingerprint density at radius 3 is 3.27 bits per heavy atom. The van der Waals surface area contributed by atoms with E-state index in [1.807, 2.05) is 6.08 Å². The zero-order valence-electron chi connectivity index (χ0n) is 6.18. The van der Waals surface area contributed by atoms with E-state index in [1.54, 1.807) is 0 Å². The summed E-state index contributed by atoms with van der Waals surface area (Å²) in [6.07, 6.45) is 6.13. The van der Waals surface area contributed by atoms with E-state index in [1.165, 1.54) is 5.70 Å². The molecule has 0 atom stereocenters. The van der Waals surface area contributed by atoms with Crippen LogP contribution in [0.25, 0.3) is 0 Å². The SMILES string of the molecule is O=C1CNC2=C(C=CCC2)N1. The summed E-state index contributed by atoms with van der Waals surface area (Å²) >= 11 is 0. The third-order valence-electron chi connectivity index (χ3n) is 1.91. The first-order valence-corrected chi connectivity index (χ1v) is 3.80. The van der Waals surface area contributed by atoms with Gasteiger partial charge in [0.2, 0.25) is 5.91 Å². The summed E-state index contributed by atoms with van der Waals surface area (Å²) in [7, 11) is 0. The van der Waals surface area contributed by atoms with Crippen molar-refractivity contribution in [1.29, 1.82) is 0 Å². The van der Waals surface area contributed by atoms with Gasteiger partial charge in [-0.15, -0.1) is 0 Å². The van der Waals surface area contributed by atoms with Crippen molar-refractivity contribution in [3.8, 4) is 0 Å². The van der Waals surface area contributed by atoms with Crippen LogP contribution in [0.4, 0.5) is 0 Å². The molecule has 11 heavy (non-hydrogen) atoms. The predicted molar refractivity (Wildman–Crippen MR) is 41.5 cm³/mol. The van der Waals surface area contributed by atoms with Crippen LogP contribution in [0.15, 0.2) is 23.5 Å². The number of hydrogen-bond donors (Lipinski definition) is 2. The van der Waals surface area contributed by atoms with E-state index in [0.29, 0.717) is 6.54 Å². The van der Waals surface area contributed by atoms with Gasteiger partial charge in [0, 0.05) is 5.70 Å². The lowest BCUT2D eigenvalue weighted by molar-refractivity contribution is -0.119. The number of amides is 1. The van der Waals surface area contributed by atoms with Crippen molar-refractivity contribution in [2.45, 2.75) is 12.8 Å². The number of carbonyl (C=O) groups is 1. The fraction of sp³-hybridized carbons (Fsp3) is 0.375. The highest BCUT2D eigenvalue weighted by atomic mass is 16.2. The van der Waals surface area contributed by atoms with Crippen LogP contribution < -0.4 is 10.6 Å². The smallest absolute Gasteiger partial charge is 0.243 e. The summed E-state index contributed by atoms with van der Waals surface area (Å²) in [4.78, 5) is 10.9. The Labute approximate surface area is 65.2 Å². The zero-order chi connectivity index (χ0) is 7.68. The molecule has 3 nitrogen and oxygen atoms in total. The molecule has 1 aliphatic heterocycles. The van der Waals surface area contributed by atoms with Crippen LogP contribution in [0.3, 0.4) is 0 Å². The van der Waals surface area contributed by atoms with Gasteiger partial charge in [0.05, 0.1) is 12.2 Å². The van der Waals surface area contributed by atoms with Gasteiger partial charge in [-0.25, -0.2) is 0 Å². The highest BCUT2D eigenvalue weighted by Gasteiger charge is 2.16. The standard InChI is InChI=1S/C8H10N2O/c11-8-5-9-6-3-1-2-4-7(6)10-8/h2,4,9H,1,3,5H2,(H,10,11). The van der Waals surface area contributed by atoms with Crippen LogP contribution >= 0.6 is 0 Å². The average molecular weight is 150 g/mol. The molecule has 0 spiro atoms. The van der Waals surface area contributed by atoms with Crippen molar-refractivity contribution in [2.75, 3.05) is 6.54 Å². The molecule has 2 rings (SSSR count). The van der Waals surface area contributed by atoms with E-state index in [4.69, 9.17) is 0 Å². The van der Waals surface area contributed by atoms with E-state index in [-0.39, 0.29) is 5.91 Å². The maximum atomic E-state index is 10.9. The second kappa shape index (κ2) is 2.42. The molecule has 0 saturated heterocycles. The topological polar surface area (TPSA) is 41.1 Å². The molecule has 0 unspecified atom stereocenters. The monoisotopic (exact) mass is 150 g/mol. The molecule has 2 aliphatic rings. The zero-order valence-corrected chi connectivity index (χ0v) is 6.18. The lowest BCUT2D eigenvalue weighted by Gasteiger charge is -2.22. The second-order valence-electron chi connectivity index (χ2n) is 2.74. The quantitative estimate of drug-likeness (QED) is 0.520. The van der Waals surface area contributed by atoms with Crippen molar-refractivity contribution in [3.63, 3.8) is 0 Å². The number of hydrogen-bond acceptors (Lipinski definition) is 2. The molecule has 58 valence electrons. The molecule has 3 heteroatoms. The lowest BCUT2D eigenvalue weighted by atomic mass is 10.1. The molecule has 1 aliphatic carbocycles. The van der Waals surface area contributed by atoms with Gasteiger partial charge >= 0.3 is 0 Å². The summed E-state index contributed by atoms with van der Waals surface area (Å²) < 4.78 is 0. The molecule has 0 aromatic carbocycles. The van der Waals surface area contributed by atoms with Crippen molar-refractivity contribution in [1.82, 2.24) is 10.6 Å². The Kier molecular flexibility index (Phi) is 1.42. The molecule has 0 saturated carbocycles. The van der Waals surface area contributed by atoms with E-state index in [0.717, 1.165) is 18.5 Å². The Morgan fingerprint density at radius 2 is 2.36 bits per heavy atom. The Morgan fingerprint density at radius 1 is 1.45 bits per heavy atom. The first kappa shape index (κ1) is 6.46. The minimum Gasteiger partial charge on any atom is -0.378 e. The summed E-state index contributed by atoms with van der Waals surface area (Å²) in [6.45, 7) is 0.423. The molecular formula is C8H10N2O. The second-order valence-corrected chi connectivity index (χ2v) is 2.74. The Balaban J connectivity index is 2.26. The maximum absolute atomic E-state index is 10.9. The third-order valence-corrected chi connectivity index (χ3v) is 1.91. The molecule has 0 fully saturated rings. The van der Waals surface area contributed by atoms with Crippen molar-refractivity contribution in [2.24, 2.45) is 0 Å². The Hall–Kier alpha value is -1.25. The molecule has 1 amide bonds. The summed E-state index contributed by atoms with van der Waals surface area (Å²) in [5.41, 5.74) is 2.12. The van der Waals surface area contributed by atoms with Crippen molar-refractivity contribution in [3.05, 3.63) is 23.5 Å². The first-order valence-electron chi connectivity index (χ1n) is 3.80. The van der Waals surface area contributed by atoms with Gasteiger partial charge in [-0.2, -0.15) is 0 Å². The van der Waals surface area contributed by atoms with E-state index in [2.05, 4.69) is 16.7 Å². The fourth-order valence-electron chi connectivity index (χ4n) is 1.35. The molecule has 0 bridgehead atoms. The average Bonchev–Trinajstić information content (AvgIpc) is 2.04. The molecule has 2 N–H and O–H groups in total. The molecular weight excluding hydrogens is 140 g/mol. The molecule has 0 aromatic heterocycles. The van der Waals surface area contributed by atoms with E-state index >= 15 is 0 Å². The highest BCUT2D eigenvalue weighted by Crippen LogP contribution is 2.15. The van der Waals surface area contributed by atoms with Gasteiger partial charge in [-0.3, -0.25) is 4.79 Å². The summed E-state index contributed by atoms with van der Waals surface area (Å²) in [5.74, 6) is 0.0512. The number of carbonyl (C=O) groups excluding carboxylic acids is 1. The minimum absolute atomic E-state index is 0.0512. The fourth-order valence-corrected chi connectivity index (χ4v) is 1.35. The van der Waals surface area contributed by atoms with Crippen LogP contribution in [-0.4, -0.2) is 12.5 Å². The van der Waals surface area contributed by atoms with E-state index in [9.17, 15) is 4.79 Å². The van der Waals surface area contributed by atoms with Gasteiger partial charge < -0.3 is 10.6 Å². The lowest BCUT2D eigenvalue weighted by Crippen LogP contribution is -2.40. The van der Waals surface area contributed by atoms with Gasteiger partial charge in [0.15, 0.2) is 0 Å². The number of rotatable bonds is 0. The van der Waals surface area contributed by atoms with Gasteiger partial charge in [0.1, 0.15) is 0 Å². The molecule has 1 heterocycles. The number of allylic oxidation sites excluding steroid dienone is 3. The molecule has 0 aromatic rings. The van der Waals surface area contributed by atoms with Crippen LogP contribution in [0.1, 0.15) is 12.8 Å². The highest BCUT2D eigenvalue weighted by molar-refractivity contribution is 5.82. The number of nitrogens with one attached hydrogen (secondary N) is 2. The van der Waals surface area contributed by atoms with E-state index < -0.39 is 0 Å². The summed E-state index contributed by atoms with van der Waals surface area (Å²) in [6, 6.07) is 0.